The molecule has 1 aliphatic rings. The van der Waals surface area contributed by atoms with Gasteiger partial charge >= 0.3 is 0 Å². The van der Waals surface area contributed by atoms with E-state index in [0.29, 0.717) is 5.13 Å². The fourth-order valence-electron chi connectivity index (χ4n) is 1.83. The second-order valence-electron chi connectivity index (χ2n) is 4.73. The fraction of sp³-hybridized carbons (Fsp3) is 0.545. The monoisotopic (exact) mass is 316 g/mol. The van der Waals surface area contributed by atoms with Crippen LogP contribution < -0.4 is 4.90 Å². The number of halogens is 1. The number of amides is 2. The number of imide groups is 1. The standard InChI is InChI=1S/C11H13BrN2O2S/c1-6(2)11(3)4-8(15)14(9(11)16)10-13-5-7(12)17-10/h5-6H,4H2,1-3H3. The van der Waals surface area contributed by atoms with Crippen LogP contribution in [0, 0.1) is 11.3 Å². The number of aromatic nitrogens is 1. The van der Waals surface area contributed by atoms with Gasteiger partial charge in [-0.1, -0.05) is 25.2 Å². The molecule has 2 heterocycles. The molecule has 0 aromatic carbocycles. The van der Waals surface area contributed by atoms with Crippen molar-refractivity contribution >= 4 is 44.2 Å². The SMILES string of the molecule is CC(C)C1(C)CC(=O)N(c2ncc(Br)s2)C1=O. The zero-order valence-corrected chi connectivity index (χ0v) is 12.3. The van der Waals surface area contributed by atoms with E-state index in [1.54, 1.807) is 6.20 Å². The topological polar surface area (TPSA) is 50.3 Å². The lowest BCUT2D eigenvalue weighted by atomic mass is 9.78. The van der Waals surface area contributed by atoms with Crippen LogP contribution in [0.15, 0.2) is 9.98 Å². The summed E-state index contributed by atoms with van der Waals surface area (Å²) in [5.74, 6) is -0.167. The van der Waals surface area contributed by atoms with Crippen molar-refractivity contribution in [3.8, 4) is 0 Å². The van der Waals surface area contributed by atoms with Crippen LogP contribution in [0.25, 0.3) is 0 Å². The Labute approximate surface area is 112 Å². The largest absolute Gasteiger partial charge is 0.274 e. The molecule has 1 atom stereocenters. The Hall–Kier alpha value is -0.750. The molecule has 0 bridgehead atoms. The van der Waals surface area contributed by atoms with Crippen molar-refractivity contribution in [3.63, 3.8) is 0 Å². The Morgan fingerprint density at radius 1 is 1.53 bits per heavy atom. The number of hydrogen-bond acceptors (Lipinski definition) is 4. The minimum absolute atomic E-state index is 0.132. The molecule has 2 amide bonds. The van der Waals surface area contributed by atoms with Gasteiger partial charge in [0.2, 0.25) is 11.8 Å². The Morgan fingerprint density at radius 3 is 2.59 bits per heavy atom. The third-order valence-electron chi connectivity index (χ3n) is 3.39. The van der Waals surface area contributed by atoms with E-state index in [2.05, 4.69) is 20.9 Å². The molecular weight excluding hydrogens is 304 g/mol. The van der Waals surface area contributed by atoms with Crippen LogP contribution in [0.1, 0.15) is 27.2 Å². The maximum atomic E-state index is 12.3. The van der Waals surface area contributed by atoms with Crippen molar-refractivity contribution in [1.29, 1.82) is 0 Å². The molecule has 1 saturated heterocycles. The summed E-state index contributed by atoms with van der Waals surface area (Å²) in [7, 11) is 0. The van der Waals surface area contributed by atoms with Crippen LogP contribution in [-0.4, -0.2) is 16.8 Å². The lowest BCUT2D eigenvalue weighted by Crippen LogP contribution is -2.36. The van der Waals surface area contributed by atoms with E-state index in [-0.39, 0.29) is 24.2 Å². The summed E-state index contributed by atoms with van der Waals surface area (Å²) in [5.41, 5.74) is -0.602. The molecule has 0 saturated carbocycles. The van der Waals surface area contributed by atoms with E-state index in [1.165, 1.54) is 16.2 Å². The summed E-state index contributed by atoms with van der Waals surface area (Å²) in [6.07, 6.45) is 1.87. The Kier molecular flexibility index (Phi) is 3.12. The van der Waals surface area contributed by atoms with E-state index in [1.807, 2.05) is 20.8 Å². The summed E-state index contributed by atoms with van der Waals surface area (Å²) in [4.78, 5) is 29.6. The summed E-state index contributed by atoms with van der Waals surface area (Å²) in [6.45, 7) is 5.78. The maximum Gasteiger partial charge on any atom is 0.242 e. The van der Waals surface area contributed by atoms with Crippen LogP contribution >= 0.6 is 27.3 Å². The normalized spacial score (nSPS) is 25.1. The minimum Gasteiger partial charge on any atom is -0.274 e. The van der Waals surface area contributed by atoms with E-state index in [9.17, 15) is 9.59 Å². The van der Waals surface area contributed by atoms with Gasteiger partial charge in [0.05, 0.1) is 15.4 Å². The molecule has 0 radical (unpaired) electrons. The molecule has 4 nitrogen and oxygen atoms in total. The van der Waals surface area contributed by atoms with Crippen molar-refractivity contribution in [1.82, 2.24) is 4.98 Å². The van der Waals surface area contributed by atoms with Gasteiger partial charge in [0, 0.05) is 6.42 Å². The second-order valence-corrected chi connectivity index (χ2v) is 7.12. The molecule has 17 heavy (non-hydrogen) atoms. The summed E-state index contributed by atoms with van der Waals surface area (Å²) >= 11 is 4.58. The molecule has 1 unspecified atom stereocenters. The Morgan fingerprint density at radius 2 is 2.18 bits per heavy atom. The van der Waals surface area contributed by atoms with Gasteiger partial charge in [0.15, 0.2) is 5.13 Å². The van der Waals surface area contributed by atoms with Crippen molar-refractivity contribution in [2.24, 2.45) is 11.3 Å². The predicted octanol–water partition coefficient (Wildman–Crippen LogP) is 2.83. The summed E-state index contributed by atoms with van der Waals surface area (Å²) in [5, 5.41) is 0.455. The quantitative estimate of drug-likeness (QED) is 0.788. The van der Waals surface area contributed by atoms with Crippen molar-refractivity contribution in [2.45, 2.75) is 27.2 Å². The highest BCUT2D eigenvalue weighted by Gasteiger charge is 2.51. The number of anilines is 1. The zero-order valence-electron chi connectivity index (χ0n) is 9.86. The van der Waals surface area contributed by atoms with Crippen LogP contribution in [0.2, 0.25) is 0 Å². The molecular formula is C11H13BrN2O2S. The number of nitrogens with zero attached hydrogens (tertiary/aromatic N) is 2. The van der Waals surface area contributed by atoms with Crippen molar-refractivity contribution < 1.29 is 9.59 Å². The second kappa shape index (κ2) is 4.17. The van der Waals surface area contributed by atoms with Crippen molar-refractivity contribution in [2.75, 3.05) is 4.90 Å². The molecule has 0 spiro atoms. The van der Waals surface area contributed by atoms with Gasteiger partial charge in [-0.25, -0.2) is 9.88 Å². The number of carbonyl (C=O) groups is 2. The molecule has 1 aromatic rings. The number of hydrogen-bond donors (Lipinski definition) is 0. The van der Waals surface area contributed by atoms with Crippen LogP contribution in [0.5, 0.6) is 0 Å². The van der Waals surface area contributed by atoms with E-state index < -0.39 is 5.41 Å². The first-order valence-corrected chi connectivity index (χ1v) is 6.96. The smallest absolute Gasteiger partial charge is 0.242 e. The van der Waals surface area contributed by atoms with E-state index in [4.69, 9.17) is 0 Å². The number of thiazole rings is 1. The molecule has 1 aromatic heterocycles. The highest BCUT2D eigenvalue weighted by atomic mass is 79.9. The van der Waals surface area contributed by atoms with Crippen LogP contribution in [0.3, 0.4) is 0 Å². The molecule has 92 valence electrons. The molecule has 0 N–H and O–H groups in total. The zero-order chi connectivity index (χ0) is 12.8. The summed E-state index contributed by atoms with van der Waals surface area (Å²) < 4.78 is 0.811. The highest BCUT2D eigenvalue weighted by molar-refractivity contribution is 9.11. The van der Waals surface area contributed by atoms with Gasteiger partial charge < -0.3 is 0 Å². The van der Waals surface area contributed by atoms with Gasteiger partial charge in [-0.2, -0.15) is 0 Å². The fourth-order valence-corrected chi connectivity index (χ4v) is 3.03. The van der Waals surface area contributed by atoms with Gasteiger partial charge in [-0.05, 0) is 28.8 Å². The highest BCUT2D eigenvalue weighted by Crippen LogP contribution is 2.42. The predicted molar refractivity (Wildman–Crippen MR) is 69.9 cm³/mol. The molecule has 1 aliphatic heterocycles. The van der Waals surface area contributed by atoms with Crippen molar-refractivity contribution in [3.05, 3.63) is 9.98 Å². The maximum absolute atomic E-state index is 12.3. The molecule has 0 aliphatic carbocycles. The minimum atomic E-state index is -0.602. The lowest BCUT2D eigenvalue weighted by Gasteiger charge is -2.25. The third-order valence-corrected chi connectivity index (χ3v) is 4.85. The molecule has 1 fully saturated rings. The first-order chi connectivity index (χ1) is 7.86. The van der Waals surface area contributed by atoms with Crippen LogP contribution in [-0.2, 0) is 9.59 Å². The first-order valence-electron chi connectivity index (χ1n) is 5.35. The third kappa shape index (κ3) is 1.93. The molecule has 6 heteroatoms. The number of rotatable bonds is 2. The number of carbonyl (C=O) groups excluding carboxylic acids is 2. The average molecular weight is 317 g/mol. The molecule has 2 rings (SSSR count). The van der Waals surface area contributed by atoms with E-state index in [0.717, 1.165) is 3.79 Å². The average Bonchev–Trinajstić information content (AvgIpc) is 2.72. The Balaban J connectivity index is 2.38. The van der Waals surface area contributed by atoms with Gasteiger partial charge in [0.1, 0.15) is 0 Å². The Bertz CT molecular complexity index is 486. The van der Waals surface area contributed by atoms with Crippen LogP contribution in [0.4, 0.5) is 5.13 Å². The first kappa shape index (κ1) is 12.7. The van der Waals surface area contributed by atoms with E-state index >= 15 is 0 Å². The van der Waals surface area contributed by atoms with Gasteiger partial charge in [-0.15, -0.1) is 0 Å². The van der Waals surface area contributed by atoms with Gasteiger partial charge in [0.25, 0.3) is 0 Å². The summed E-state index contributed by atoms with van der Waals surface area (Å²) in [6, 6.07) is 0. The lowest BCUT2D eigenvalue weighted by molar-refractivity contribution is -0.126. The van der Waals surface area contributed by atoms with Gasteiger partial charge in [-0.3, -0.25) is 9.59 Å².